The second-order valence-electron chi connectivity index (χ2n) is 7.27. The highest BCUT2D eigenvalue weighted by Crippen LogP contribution is 2.28. The molecule has 2 fully saturated rings. The molecule has 0 radical (unpaired) electrons. The van der Waals surface area contributed by atoms with Gasteiger partial charge in [0.15, 0.2) is 0 Å². The number of nitrogens with one attached hydrogen (secondary N) is 2. The van der Waals surface area contributed by atoms with Gasteiger partial charge in [-0.25, -0.2) is 8.42 Å². The zero-order valence-electron chi connectivity index (χ0n) is 14.6. The molecule has 140 valence electrons. The number of fused-ring (bicyclic) bond motifs is 1. The molecule has 7 nitrogen and oxygen atoms in total. The van der Waals surface area contributed by atoms with E-state index in [1.165, 1.54) is 12.8 Å². The molecule has 1 amide bonds. The second kappa shape index (κ2) is 7.00. The Morgan fingerprint density at radius 1 is 1.19 bits per heavy atom. The zero-order chi connectivity index (χ0) is 18.1. The van der Waals surface area contributed by atoms with Crippen LogP contribution in [0.25, 0.3) is 0 Å². The molecule has 0 spiro atoms. The molecule has 8 heteroatoms. The molecule has 0 atom stereocenters. The van der Waals surface area contributed by atoms with Crippen molar-refractivity contribution >= 4 is 21.8 Å². The number of hydrogen-bond donors (Lipinski definition) is 2. The fourth-order valence-electron chi connectivity index (χ4n) is 3.49. The number of sulfonamides is 1. The maximum atomic E-state index is 12.4. The van der Waals surface area contributed by atoms with Crippen LogP contribution in [0.4, 0.5) is 0 Å². The van der Waals surface area contributed by atoms with Gasteiger partial charge in [0, 0.05) is 24.7 Å². The number of hydrogen-bond acceptors (Lipinski definition) is 5. The number of piperidine rings is 1. The van der Waals surface area contributed by atoms with Gasteiger partial charge in [0.25, 0.3) is 10.0 Å². The molecule has 1 aromatic carbocycles. The Labute approximate surface area is 153 Å². The van der Waals surface area contributed by atoms with Crippen molar-refractivity contribution in [2.75, 3.05) is 26.2 Å². The van der Waals surface area contributed by atoms with Gasteiger partial charge in [-0.2, -0.15) is 0 Å². The van der Waals surface area contributed by atoms with Crippen molar-refractivity contribution in [3.63, 3.8) is 0 Å². The minimum Gasteiger partial charge on any atom is -0.341 e. The first-order valence-electron chi connectivity index (χ1n) is 9.21. The van der Waals surface area contributed by atoms with Crippen molar-refractivity contribution in [2.24, 2.45) is 10.9 Å². The Bertz CT molecular complexity index is 825. The minimum atomic E-state index is -3.56. The lowest BCUT2D eigenvalue weighted by Crippen LogP contribution is -2.46. The summed E-state index contributed by atoms with van der Waals surface area (Å²) in [5, 5.41) is 3.60. The molecule has 0 bridgehead atoms. The highest BCUT2D eigenvalue weighted by molar-refractivity contribution is 7.90. The Morgan fingerprint density at radius 2 is 1.92 bits per heavy atom. The van der Waals surface area contributed by atoms with Gasteiger partial charge in [0.1, 0.15) is 12.4 Å². The van der Waals surface area contributed by atoms with Gasteiger partial charge in [-0.05, 0) is 50.3 Å². The summed E-state index contributed by atoms with van der Waals surface area (Å²) in [7, 11) is -3.56. The number of amidine groups is 1. The predicted molar refractivity (Wildman–Crippen MR) is 98.5 cm³/mol. The summed E-state index contributed by atoms with van der Waals surface area (Å²) < 4.78 is 26.6. The molecular formula is C18H24N4O3S. The molecule has 0 unspecified atom stereocenters. The number of likely N-dealkylation sites (tertiary alicyclic amines) is 1. The zero-order valence-corrected chi connectivity index (χ0v) is 15.5. The quantitative estimate of drug-likeness (QED) is 0.792. The van der Waals surface area contributed by atoms with Crippen LogP contribution in [0.3, 0.4) is 0 Å². The molecule has 1 saturated heterocycles. The summed E-state index contributed by atoms with van der Waals surface area (Å²) in [6, 6.07) is 7.18. The molecule has 1 aliphatic carbocycles. The molecule has 3 aliphatic rings. The maximum Gasteiger partial charge on any atom is 0.263 e. The average molecular weight is 376 g/mol. The van der Waals surface area contributed by atoms with E-state index in [1.807, 2.05) is 4.90 Å². The lowest BCUT2D eigenvalue weighted by atomic mass is 10.0. The van der Waals surface area contributed by atoms with Crippen LogP contribution in [0.1, 0.15) is 31.2 Å². The number of amides is 1. The third kappa shape index (κ3) is 3.76. The fraction of sp³-hybridized carbons (Fsp3) is 0.556. The van der Waals surface area contributed by atoms with E-state index < -0.39 is 10.0 Å². The van der Waals surface area contributed by atoms with Crippen LogP contribution < -0.4 is 10.0 Å². The average Bonchev–Trinajstić information content (AvgIpc) is 3.44. The molecule has 2 heterocycles. The number of nitrogens with zero attached hydrogens (tertiary/aromatic N) is 2. The van der Waals surface area contributed by atoms with Crippen LogP contribution in [-0.2, 0) is 14.8 Å². The van der Waals surface area contributed by atoms with Crippen LogP contribution in [0.2, 0.25) is 0 Å². The standard InChI is InChI=1S/C18H24N4O3S/c23-17(22-9-7-14(8-10-22)19-11-13-5-6-13)12-20-18-15-3-1-2-4-16(15)26(24,25)21-18/h1-4,13-14,19H,5-12H2,(H,20,21). The van der Waals surface area contributed by atoms with Crippen LogP contribution in [0, 0.1) is 5.92 Å². The largest absolute Gasteiger partial charge is 0.341 e. The smallest absolute Gasteiger partial charge is 0.263 e. The van der Waals surface area contributed by atoms with E-state index >= 15 is 0 Å². The Morgan fingerprint density at radius 3 is 2.65 bits per heavy atom. The molecule has 1 saturated carbocycles. The second-order valence-corrected chi connectivity index (χ2v) is 8.92. The van der Waals surface area contributed by atoms with Gasteiger partial charge in [-0.1, -0.05) is 12.1 Å². The first kappa shape index (κ1) is 17.5. The Kier molecular flexibility index (Phi) is 4.71. The SMILES string of the molecule is O=C(CN=C1NS(=O)(=O)c2ccccc21)N1CCC(NCC2CC2)CC1. The number of carbonyl (C=O) groups excluding carboxylic acids is 1. The maximum absolute atomic E-state index is 12.4. The van der Waals surface area contributed by atoms with Crippen molar-refractivity contribution in [1.29, 1.82) is 0 Å². The molecule has 0 aromatic heterocycles. The van der Waals surface area contributed by atoms with Crippen molar-refractivity contribution in [1.82, 2.24) is 14.9 Å². The summed E-state index contributed by atoms with van der Waals surface area (Å²) in [5.74, 6) is 1.07. The number of aliphatic imine (C=N–C) groups is 1. The van der Waals surface area contributed by atoms with Gasteiger partial charge in [0.2, 0.25) is 5.91 Å². The van der Waals surface area contributed by atoms with Crippen LogP contribution in [-0.4, -0.2) is 57.3 Å². The van der Waals surface area contributed by atoms with E-state index in [4.69, 9.17) is 0 Å². The van der Waals surface area contributed by atoms with Gasteiger partial charge in [-0.15, -0.1) is 0 Å². The third-order valence-corrected chi connectivity index (χ3v) is 6.67. The predicted octanol–water partition coefficient (Wildman–Crippen LogP) is 0.716. The molecule has 26 heavy (non-hydrogen) atoms. The van der Waals surface area contributed by atoms with Crippen molar-refractivity contribution in [3.05, 3.63) is 29.8 Å². The highest BCUT2D eigenvalue weighted by atomic mass is 32.2. The van der Waals surface area contributed by atoms with E-state index in [-0.39, 0.29) is 23.2 Å². The van der Waals surface area contributed by atoms with Crippen molar-refractivity contribution in [2.45, 2.75) is 36.6 Å². The highest BCUT2D eigenvalue weighted by Gasteiger charge is 2.31. The van der Waals surface area contributed by atoms with Crippen molar-refractivity contribution < 1.29 is 13.2 Å². The topological polar surface area (TPSA) is 90.9 Å². The molecule has 1 aromatic rings. The van der Waals surface area contributed by atoms with Crippen LogP contribution in [0.5, 0.6) is 0 Å². The molecular weight excluding hydrogens is 352 g/mol. The summed E-state index contributed by atoms with van der Waals surface area (Å²) in [6.45, 7) is 2.53. The lowest BCUT2D eigenvalue weighted by Gasteiger charge is -2.32. The van der Waals surface area contributed by atoms with Gasteiger partial charge in [0.05, 0.1) is 4.90 Å². The van der Waals surface area contributed by atoms with Crippen molar-refractivity contribution in [3.8, 4) is 0 Å². The van der Waals surface area contributed by atoms with Gasteiger partial charge in [-0.3, -0.25) is 14.5 Å². The summed E-state index contributed by atoms with van der Waals surface area (Å²) in [5.41, 5.74) is 0.531. The van der Waals surface area contributed by atoms with E-state index in [1.54, 1.807) is 24.3 Å². The summed E-state index contributed by atoms with van der Waals surface area (Å²) >= 11 is 0. The third-order valence-electron chi connectivity index (χ3n) is 5.27. The first-order valence-corrected chi connectivity index (χ1v) is 10.7. The van der Waals surface area contributed by atoms with E-state index in [9.17, 15) is 13.2 Å². The van der Waals surface area contributed by atoms with Crippen LogP contribution in [0.15, 0.2) is 34.2 Å². The number of benzene rings is 1. The molecule has 2 N–H and O–H groups in total. The lowest BCUT2D eigenvalue weighted by molar-refractivity contribution is -0.130. The fourth-order valence-corrected chi connectivity index (χ4v) is 4.74. The number of rotatable bonds is 5. The summed E-state index contributed by atoms with van der Waals surface area (Å²) in [4.78, 5) is 18.7. The van der Waals surface area contributed by atoms with Gasteiger partial charge >= 0.3 is 0 Å². The van der Waals surface area contributed by atoms with E-state index in [2.05, 4.69) is 15.0 Å². The Balaban J connectivity index is 1.32. The Hall–Kier alpha value is -1.93. The first-order chi connectivity index (χ1) is 12.5. The normalized spacial score (nSPS) is 23.7. The molecule has 4 rings (SSSR count). The summed E-state index contributed by atoms with van der Waals surface area (Å²) in [6.07, 6.45) is 4.62. The van der Waals surface area contributed by atoms with Gasteiger partial charge < -0.3 is 10.2 Å². The molecule has 2 aliphatic heterocycles. The van der Waals surface area contributed by atoms with E-state index in [0.717, 1.165) is 38.4 Å². The van der Waals surface area contributed by atoms with Crippen LogP contribution >= 0.6 is 0 Å². The number of carbonyl (C=O) groups is 1. The minimum absolute atomic E-state index is 0.0354. The monoisotopic (exact) mass is 376 g/mol. The van der Waals surface area contributed by atoms with E-state index in [0.29, 0.717) is 11.6 Å².